The van der Waals surface area contributed by atoms with Crippen LogP contribution in [0.3, 0.4) is 0 Å². The van der Waals surface area contributed by atoms with Crippen LogP contribution in [0.1, 0.15) is 42.5 Å². The summed E-state index contributed by atoms with van der Waals surface area (Å²) in [5.41, 5.74) is 5.70. The Bertz CT molecular complexity index is 1740. The van der Waals surface area contributed by atoms with Crippen LogP contribution in [-0.4, -0.2) is 35.3 Å². The van der Waals surface area contributed by atoms with Gasteiger partial charge in [0.1, 0.15) is 11.5 Å². The molecule has 1 heterocycles. The first-order chi connectivity index (χ1) is 20.9. The van der Waals surface area contributed by atoms with E-state index in [2.05, 4.69) is 70.7 Å². The van der Waals surface area contributed by atoms with Gasteiger partial charge in [-0.1, -0.05) is 60.7 Å². The van der Waals surface area contributed by atoms with E-state index in [1.54, 1.807) is 25.3 Å². The van der Waals surface area contributed by atoms with Crippen molar-refractivity contribution < 1.29 is 24.2 Å². The van der Waals surface area contributed by atoms with E-state index in [0.29, 0.717) is 17.9 Å². The first-order valence-corrected chi connectivity index (χ1v) is 14.2. The number of carbonyl (C=O) groups excluding carboxylic acids is 1. The molecule has 43 heavy (non-hydrogen) atoms. The van der Waals surface area contributed by atoms with Crippen LogP contribution in [0.5, 0.6) is 11.5 Å². The highest BCUT2D eigenvalue weighted by Gasteiger charge is 2.18. The smallest absolute Gasteiger partial charge is 0.303 e. The number of aromatic nitrogens is 1. The minimum atomic E-state index is -0.867. The number of hydrogen-bond donors (Lipinski definition) is 2. The number of nitrogens with zero attached hydrogens (tertiary/aromatic N) is 1. The van der Waals surface area contributed by atoms with Gasteiger partial charge >= 0.3 is 5.97 Å². The van der Waals surface area contributed by atoms with Crippen LogP contribution in [0.25, 0.3) is 16.5 Å². The molecular weight excluding hydrogens is 540 g/mol. The number of methoxy groups -OCH3 is 1. The number of amides is 1. The third-order valence-electron chi connectivity index (χ3n) is 7.29. The Morgan fingerprint density at radius 3 is 2.37 bits per heavy atom. The zero-order chi connectivity index (χ0) is 30.2. The second kappa shape index (κ2) is 13.6. The Kier molecular flexibility index (Phi) is 9.22. The fourth-order valence-electron chi connectivity index (χ4n) is 5.12. The first kappa shape index (κ1) is 29.2. The number of anilines is 1. The number of fused-ring (bicyclic) bond motifs is 1. The number of rotatable bonds is 12. The molecule has 1 atom stereocenters. The zero-order valence-electron chi connectivity index (χ0n) is 24.2. The van der Waals surface area contributed by atoms with Crippen molar-refractivity contribution in [3.63, 3.8) is 0 Å². The summed E-state index contributed by atoms with van der Waals surface area (Å²) >= 11 is 0. The van der Waals surface area contributed by atoms with Gasteiger partial charge in [-0.05, 0) is 78.1 Å². The normalized spacial score (nSPS) is 12.1. The summed E-state index contributed by atoms with van der Waals surface area (Å²) in [6.45, 7) is 2.16. The second-order valence-corrected chi connectivity index (χ2v) is 10.2. The molecule has 2 N–H and O–H groups in total. The third-order valence-corrected chi connectivity index (χ3v) is 7.29. The molecule has 0 saturated heterocycles. The van der Waals surface area contributed by atoms with Gasteiger partial charge in [-0.2, -0.15) is 0 Å². The maximum absolute atomic E-state index is 13.0. The van der Waals surface area contributed by atoms with Crippen LogP contribution in [0.15, 0.2) is 115 Å². The van der Waals surface area contributed by atoms with Crippen LogP contribution in [-0.2, 0) is 9.59 Å². The van der Waals surface area contributed by atoms with Crippen molar-refractivity contribution in [2.24, 2.45) is 0 Å². The number of nitrogens with one attached hydrogen (secondary N) is 1. The Hall–Kier alpha value is -5.30. The molecule has 5 aromatic rings. The average Bonchev–Trinajstić information content (AvgIpc) is 3.44. The highest BCUT2D eigenvalue weighted by Crippen LogP contribution is 2.33. The molecule has 1 amide bonds. The minimum Gasteiger partial charge on any atom is -0.497 e. The average molecular weight is 575 g/mol. The van der Waals surface area contributed by atoms with E-state index < -0.39 is 5.97 Å². The molecule has 1 unspecified atom stereocenters. The van der Waals surface area contributed by atoms with E-state index in [1.807, 2.05) is 43.3 Å². The SMILES string of the molecule is COc1ccc(C(c2ccccc2)n2ccc3cc(C(C)=CC(=O)Nc4ccccc4OCCCC(=O)O)ccc32)cc1. The summed E-state index contributed by atoms with van der Waals surface area (Å²) in [5, 5.41) is 12.8. The largest absolute Gasteiger partial charge is 0.497 e. The number of benzene rings is 4. The van der Waals surface area contributed by atoms with Crippen molar-refractivity contribution in [3.8, 4) is 11.5 Å². The molecule has 4 aromatic carbocycles. The summed E-state index contributed by atoms with van der Waals surface area (Å²) in [4.78, 5) is 23.7. The number of hydrogen-bond acceptors (Lipinski definition) is 4. The van der Waals surface area contributed by atoms with Crippen LogP contribution < -0.4 is 14.8 Å². The fourth-order valence-corrected chi connectivity index (χ4v) is 5.12. The Balaban J connectivity index is 1.36. The van der Waals surface area contributed by atoms with Gasteiger partial charge in [-0.15, -0.1) is 0 Å². The maximum atomic E-state index is 13.0. The van der Waals surface area contributed by atoms with Gasteiger partial charge in [0.15, 0.2) is 0 Å². The summed E-state index contributed by atoms with van der Waals surface area (Å²) in [7, 11) is 1.67. The molecule has 0 bridgehead atoms. The van der Waals surface area contributed by atoms with Crippen molar-refractivity contribution in [2.45, 2.75) is 25.8 Å². The van der Waals surface area contributed by atoms with Gasteiger partial charge in [0.25, 0.3) is 0 Å². The first-order valence-electron chi connectivity index (χ1n) is 14.2. The molecule has 0 aliphatic rings. The lowest BCUT2D eigenvalue weighted by atomic mass is 9.98. The Labute approximate surface area is 251 Å². The van der Waals surface area contributed by atoms with E-state index >= 15 is 0 Å². The lowest BCUT2D eigenvalue weighted by molar-refractivity contribution is -0.137. The Morgan fingerprint density at radius 2 is 1.63 bits per heavy atom. The molecule has 7 heteroatoms. The molecular formula is C36H34N2O5. The highest BCUT2D eigenvalue weighted by molar-refractivity contribution is 6.05. The van der Waals surface area contributed by atoms with Gasteiger partial charge in [0.05, 0.1) is 25.4 Å². The number of carboxylic acid groups (broad SMARTS) is 1. The van der Waals surface area contributed by atoms with Crippen molar-refractivity contribution in [3.05, 3.63) is 132 Å². The predicted molar refractivity (Wildman–Crippen MR) is 170 cm³/mol. The van der Waals surface area contributed by atoms with E-state index in [4.69, 9.17) is 14.6 Å². The number of carbonyl (C=O) groups is 2. The summed E-state index contributed by atoms with van der Waals surface area (Å²) in [5.74, 6) is 0.171. The number of aliphatic carboxylic acids is 1. The lowest BCUT2D eigenvalue weighted by Gasteiger charge is -2.22. The van der Waals surface area contributed by atoms with Gasteiger partial charge in [0, 0.05) is 29.6 Å². The molecule has 0 aliphatic carbocycles. The second-order valence-electron chi connectivity index (χ2n) is 10.2. The molecule has 0 fully saturated rings. The minimum absolute atomic E-state index is 0.0238. The molecule has 218 valence electrons. The molecule has 1 aromatic heterocycles. The molecule has 0 saturated carbocycles. The van der Waals surface area contributed by atoms with Crippen molar-refractivity contribution >= 4 is 34.0 Å². The molecule has 0 aliphatic heterocycles. The standard InChI is InChI=1S/C36H34N2O5/c1-25(23-34(39)37-31-11-6-7-12-33(31)43-22-8-13-35(40)41)28-16-19-32-29(24-28)20-21-38(32)36(26-9-4-3-5-10-26)27-14-17-30(42-2)18-15-27/h3-7,9-12,14-21,23-24,36H,8,13,22H2,1-2H3,(H,37,39)(H,40,41). The van der Waals surface area contributed by atoms with Gasteiger partial charge in [-0.3, -0.25) is 9.59 Å². The lowest BCUT2D eigenvalue weighted by Crippen LogP contribution is -2.11. The van der Waals surface area contributed by atoms with Gasteiger partial charge in [0.2, 0.25) is 5.91 Å². The van der Waals surface area contributed by atoms with E-state index in [1.165, 1.54) is 5.56 Å². The highest BCUT2D eigenvalue weighted by atomic mass is 16.5. The number of para-hydroxylation sites is 2. The van der Waals surface area contributed by atoms with Crippen molar-refractivity contribution in [1.82, 2.24) is 4.57 Å². The van der Waals surface area contributed by atoms with E-state index in [9.17, 15) is 9.59 Å². The fraction of sp³-hybridized carbons (Fsp3) is 0.167. The summed E-state index contributed by atoms with van der Waals surface area (Å²) in [6.07, 6.45) is 4.09. The van der Waals surface area contributed by atoms with Crippen molar-refractivity contribution in [1.29, 1.82) is 0 Å². The van der Waals surface area contributed by atoms with Crippen LogP contribution >= 0.6 is 0 Å². The van der Waals surface area contributed by atoms with Gasteiger partial charge < -0.3 is 24.5 Å². The van der Waals surface area contributed by atoms with Crippen LogP contribution in [0.4, 0.5) is 5.69 Å². The number of carboxylic acids is 1. The monoisotopic (exact) mass is 574 g/mol. The van der Waals surface area contributed by atoms with Crippen molar-refractivity contribution in [2.75, 3.05) is 19.0 Å². The summed E-state index contributed by atoms with van der Waals surface area (Å²) in [6, 6.07) is 34.0. The van der Waals surface area contributed by atoms with Crippen LogP contribution in [0.2, 0.25) is 0 Å². The quantitative estimate of drug-likeness (QED) is 0.118. The van der Waals surface area contributed by atoms with Crippen LogP contribution in [0, 0.1) is 0 Å². The topological polar surface area (TPSA) is 89.8 Å². The molecule has 0 radical (unpaired) electrons. The predicted octanol–water partition coefficient (Wildman–Crippen LogP) is 7.57. The molecule has 0 spiro atoms. The van der Waals surface area contributed by atoms with Gasteiger partial charge in [-0.25, -0.2) is 0 Å². The molecule has 5 rings (SSSR count). The number of ether oxygens (including phenoxy) is 2. The van der Waals surface area contributed by atoms with E-state index in [0.717, 1.165) is 33.4 Å². The molecule has 7 nitrogen and oxygen atoms in total. The zero-order valence-corrected chi connectivity index (χ0v) is 24.2. The Morgan fingerprint density at radius 1 is 0.907 bits per heavy atom. The third kappa shape index (κ3) is 7.13. The van der Waals surface area contributed by atoms with E-state index in [-0.39, 0.29) is 25.0 Å². The maximum Gasteiger partial charge on any atom is 0.303 e. The number of allylic oxidation sites excluding steroid dienone is 1. The summed E-state index contributed by atoms with van der Waals surface area (Å²) < 4.78 is 13.4.